The molecule has 198 valence electrons. The smallest absolute Gasteiger partial charge is 0.335 e. The predicted octanol–water partition coefficient (Wildman–Crippen LogP) is 9.71. The minimum atomic E-state index is -0.477. The third-order valence-corrected chi connectivity index (χ3v) is 7.12. The minimum absolute atomic E-state index is 0.477. The lowest BCUT2D eigenvalue weighted by atomic mass is 10.0. The molecule has 0 radical (unpaired) electrons. The van der Waals surface area contributed by atoms with Crippen LogP contribution in [0.15, 0.2) is 134 Å². The van der Waals surface area contributed by atoms with Crippen LogP contribution in [-0.4, -0.2) is 5.97 Å². The monoisotopic (exact) mass is 523 g/mol. The van der Waals surface area contributed by atoms with Crippen LogP contribution in [0.2, 0.25) is 0 Å². The summed E-state index contributed by atoms with van der Waals surface area (Å²) in [5.74, 6) is 0.0000655. The molecule has 0 aliphatic carbocycles. The predicted molar refractivity (Wildman–Crippen MR) is 167 cm³/mol. The summed E-state index contributed by atoms with van der Waals surface area (Å²) in [7, 11) is 0. The van der Waals surface area contributed by atoms with Crippen LogP contribution < -0.4 is 9.64 Å². The second kappa shape index (κ2) is 12.3. The van der Waals surface area contributed by atoms with Crippen molar-refractivity contribution >= 4 is 23.0 Å². The summed E-state index contributed by atoms with van der Waals surface area (Å²) in [6, 6.07) is 42.2. The Kier molecular flexibility index (Phi) is 8.22. The van der Waals surface area contributed by atoms with Gasteiger partial charge in [-0.25, -0.2) is 4.79 Å². The van der Waals surface area contributed by atoms with Gasteiger partial charge in [-0.3, -0.25) is 0 Å². The van der Waals surface area contributed by atoms with Crippen molar-refractivity contribution < 1.29 is 9.53 Å². The van der Waals surface area contributed by atoms with Crippen LogP contribution in [-0.2, 0) is 17.6 Å². The topological polar surface area (TPSA) is 29.5 Å². The molecule has 5 rings (SSSR count). The van der Waals surface area contributed by atoms with E-state index in [2.05, 4.69) is 122 Å². The van der Waals surface area contributed by atoms with Gasteiger partial charge in [0.2, 0.25) is 0 Å². The van der Waals surface area contributed by atoms with Crippen LogP contribution >= 0.6 is 0 Å². The van der Waals surface area contributed by atoms with Gasteiger partial charge in [-0.05, 0) is 94.8 Å². The van der Waals surface area contributed by atoms with E-state index in [1.165, 1.54) is 33.4 Å². The summed E-state index contributed by atoms with van der Waals surface area (Å²) >= 11 is 0. The third kappa shape index (κ3) is 6.05. The first-order valence-electron chi connectivity index (χ1n) is 13.7. The summed E-state index contributed by atoms with van der Waals surface area (Å²) in [5, 5.41) is 0. The van der Waals surface area contributed by atoms with Gasteiger partial charge in [-0.15, -0.1) is 0 Å². The van der Waals surface area contributed by atoms with E-state index in [4.69, 9.17) is 4.74 Å². The van der Waals surface area contributed by atoms with Gasteiger partial charge in [0.15, 0.2) is 0 Å². The molecular weight excluding hydrogens is 490 g/mol. The zero-order valence-corrected chi connectivity index (χ0v) is 23.0. The van der Waals surface area contributed by atoms with Crippen molar-refractivity contribution in [1.29, 1.82) is 0 Å². The van der Waals surface area contributed by atoms with Gasteiger partial charge < -0.3 is 9.64 Å². The van der Waals surface area contributed by atoms with E-state index in [1.54, 1.807) is 12.1 Å². The molecule has 0 saturated carbocycles. The maximum Gasteiger partial charge on any atom is 0.335 e. The first kappa shape index (κ1) is 26.7. The molecule has 0 fully saturated rings. The number of esters is 1. The van der Waals surface area contributed by atoms with Crippen molar-refractivity contribution in [2.45, 2.75) is 26.7 Å². The van der Waals surface area contributed by atoms with E-state index < -0.39 is 5.97 Å². The normalized spacial score (nSPS) is 10.7. The van der Waals surface area contributed by atoms with Gasteiger partial charge in [0.1, 0.15) is 5.75 Å². The average Bonchev–Trinajstić information content (AvgIpc) is 3.03. The first-order valence-corrected chi connectivity index (χ1v) is 13.7. The summed E-state index contributed by atoms with van der Waals surface area (Å²) in [5.41, 5.74) is 10.4. The molecule has 3 heteroatoms. The number of rotatable bonds is 9. The standard InChI is InChI=1S/C37H33NO2/c1-4-27-7-11-29(12-8-27)31-15-19-33(20-16-31)38(35-23-25-36(26-24-35)40-37(39)6-3)34-21-17-32(18-22-34)30-13-9-28(5-2)10-14-30/h6-26H,3-5H2,1-2H3. The lowest BCUT2D eigenvalue weighted by Crippen LogP contribution is -2.10. The summed E-state index contributed by atoms with van der Waals surface area (Å²) in [6.07, 6.45) is 3.22. The van der Waals surface area contributed by atoms with Crippen molar-refractivity contribution in [3.8, 4) is 28.0 Å². The van der Waals surface area contributed by atoms with Crippen molar-refractivity contribution in [2.75, 3.05) is 4.90 Å². The van der Waals surface area contributed by atoms with Crippen LogP contribution in [0.25, 0.3) is 22.3 Å². The van der Waals surface area contributed by atoms with Gasteiger partial charge in [-0.2, -0.15) is 0 Å². The number of aryl methyl sites for hydroxylation is 2. The zero-order chi connectivity index (χ0) is 27.9. The number of hydrogen-bond acceptors (Lipinski definition) is 3. The molecule has 0 aliphatic heterocycles. The molecule has 0 unspecified atom stereocenters. The SMILES string of the molecule is C=CC(=O)Oc1ccc(N(c2ccc(-c3ccc(CC)cc3)cc2)c2ccc(-c3ccc(CC)cc3)cc2)cc1. The Bertz CT molecular complexity index is 1470. The molecule has 0 atom stereocenters. The molecule has 0 aromatic heterocycles. The van der Waals surface area contributed by atoms with Gasteiger partial charge in [-0.1, -0.05) is 93.2 Å². The number of hydrogen-bond donors (Lipinski definition) is 0. The van der Waals surface area contributed by atoms with E-state index in [1.807, 2.05) is 12.1 Å². The Balaban J connectivity index is 1.49. The summed E-state index contributed by atoms with van der Waals surface area (Å²) < 4.78 is 5.30. The molecule has 40 heavy (non-hydrogen) atoms. The first-order chi connectivity index (χ1) is 19.6. The molecule has 0 aliphatic rings. The Hall–Kier alpha value is -4.89. The van der Waals surface area contributed by atoms with E-state index in [9.17, 15) is 4.79 Å². The van der Waals surface area contributed by atoms with Gasteiger partial charge >= 0.3 is 5.97 Å². The third-order valence-electron chi connectivity index (χ3n) is 7.12. The van der Waals surface area contributed by atoms with Crippen LogP contribution in [0.4, 0.5) is 17.1 Å². The fourth-order valence-corrected chi connectivity index (χ4v) is 4.74. The minimum Gasteiger partial charge on any atom is -0.423 e. The second-order valence-corrected chi connectivity index (χ2v) is 9.65. The fraction of sp³-hybridized carbons (Fsp3) is 0.108. The van der Waals surface area contributed by atoms with Crippen molar-refractivity contribution in [3.63, 3.8) is 0 Å². The van der Waals surface area contributed by atoms with Crippen LogP contribution in [0, 0.1) is 0 Å². The average molecular weight is 524 g/mol. The number of carbonyl (C=O) groups excluding carboxylic acids is 1. The summed E-state index contributed by atoms with van der Waals surface area (Å²) in [4.78, 5) is 13.9. The van der Waals surface area contributed by atoms with E-state index >= 15 is 0 Å². The highest BCUT2D eigenvalue weighted by molar-refractivity contribution is 5.84. The van der Waals surface area contributed by atoms with E-state index in [0.29, 0.717) is 5.75 Å². The lowest BCUT2D eigenvalue weighted by Gasteiger charge is -2.26. The quantitative estimate of drug-likeness (QED) is 0.109. The summed E-state index contributed by atoms with van der Waals surface area (Å²) in [6.45, 7) is 7.81. The molecule has 0 amide bonds. The molecule has 5 aromatic carbocycles. The fourth-order valence-electron chi connectivity index (χ4n) is 4.74. The number of nitrogens with zero attached hydrogens (tertiary/aromatic N) is 1. The van der Waals surface area contributed by atoms with E-state index in [0.717, 1.165) is 36.0 Å². The van der Waals surface area contributed by atoms with Crippen LogP contribution in [0.1, 0.15) is 25.0 Å². The number of benzene rings is 5. The highest BCUT2D eigenvalue weighted by Crippen LogP contribution is 2.37. The maximum atomic E-state index is 11.7. The molecule has 0 heterocycles. The molecule has 0 spiro atoms. The highest BCUT2D eigenvalue weighted by Gasteiger charge is 2.14. The largest absolute Gasteiger partial charge is 0.423 e. The molecule has 0 saturated heterocycles. The van der Waals surface area contributed by atoms with Crippen molar-refractivity contribution in [2.24, 2.45) is 0 Å². The Labute approximate surface area is 237 Å². The molecule has 0 bridgehead atoms. The Morgan fingerprint density at radius 2 is 0.900 bits per heavy atom. The Morgan fingerprint density at radius 3 is 1.23 bits per heavy atom. The van der Waals surface area contributed by atoms with Crippen LogP contribution in [0.3, 0.4) is 0 Å². The zero-order valence-electron chi connectivity index (χ0n) is 23.0. The number of carbonyl (C=O) groups is 1. The number of ether oxygens (including phenoxy) is 1. The van der Waals surface area contributed by atoms with Gasteiger partial charge in [0, 0.05) is 23.1 Å². The van der Waals surface area contributed by atoms with Crippen molar-refractivity contribution in [3.05, 3.63) is 145 Å². The van der Waals surface area contributed by atoms with E-state index in [-0.39, 0.29) is 0 Å². The van der Waals surface area contributed by atoms with Crippen LogP contribution in [0.5, 0.6) is 5.75 Å². The molecule has 3 nitrogen and oxygen atoms in total. The Morgan fingerprint density at radius 1 is 0.575 bits per heavy atom. The highest BCUT2D eigenvalue weighted by atomic mass is 16.5. The second-order valence-electron chi connectivity index (χ2n) is 9.65. The number of anilines is 3. The van der Waals surface area contributed by atoms with Crippen molar-refractivity contribution in [1.82, 2.24) is 0 Å². The maximum absolute atomic E-state index is 11.7. The molecule has 0 N–H and O–H groups in total. The lowest BCUT2D eigenvalue weighted by molar-refractivity contribution is -0.128. The van der Waals surface area contributed by atoms with Gasteiger partial charge in [0.05, 0.1) is 0 Å². The van der Waals surface area contributed by atoms with Gasteiger partial charge in [0.25, 0.3) is 0 Å². The molecule has 5 aromatic rings. The molecular formula is C37H33NO2.